The molecule has 1 aromatic heterocycles. The summed E-state index contributed by atoms with van der Waals surface area (Å²) in [7, 11) is 0. The van der Waals surface area contributed by atoms with Crippen molar-refractivity contribution in [1.82, 2.24) is 0 Å². The summed E-state index contributed by atoms with van der Waals surface area (Å²) in [5, 5.41) is 0. The highest BCUT2D eigenvalue weighted by molar-refractivity contribution is 7.99. The second-order valence-electron chi connectivity index (χ2n) is 7.14. The summed E-state index contributed by atoms with van der Waals surface area (Å²) in [6.45, 7) is 8.86. The Morgan fingerprint density at radius 1 is 1.31 bits per heavy atom. The zero-order chi connectivity index (χ0) is 18.7. The van der Waals surface area contributed by atoms with Gasteiger partial charge < -0.3 is 9.15 Å². The quantitative estimate of drug-likeness (QED) is 0.572. The summed E-state index contributed by atoms with van der Waals surface area (Å²) in [5.41, 5.74) is 3.77. The molecule has 0 aliphatic carbocycles. The summed E-state index contributed by atoms with van der Waals surface area (Å²) in [5.74, 6) is 8.35. The van der Waals surface area contributed by atoms with Crippen LogP contribution in [-0.2, 0) is 21.4 Å². The number of ether oxygens (including phenoxy) is 1. The Labute approximate surface area is 159 Å². The third-order valence-corrected chi connectivity index (χ3v) is 5.70. The number of fused-ring (bicyclic) bond motifs is 1. The van der Waals surface area contributed by atoms with Crippen LogP contribution in [0.15, 0.2) is 33.6 Å². The van der Waals surface area contributed by atoms with Gasteiger partial charge in [-0.3, -0.25) is 4.79 Å². The molecule has 3 rings (SSSR count). The smallest absolute Gasteiger partial charge is 0.313 e. The van der Waals surface area contributed by atoms with Crippen molar-refractivity contribution in [1.29, 1.82) is 0 Å². The number of benzene rings is 1. The topological polar surface area (TPSA) is 39.4 Å². The molecule has 1 aliphatic rings. The standard InChI is InChI=1S/C22H24O3S/c1-5-24-21(23)14-18-9-8-17(25-18)7-6-16-13-19-20(12-15(16)2)26-11-10-22(19,3)4/h8-9,12-13H,5,10-11,14H2,1-4H3. The molecule has 0 radical (unpaired) electrons. The first-order valence-electron chi connectivity index (χ1n) is 8.93. The molecule has 1 aliphatic heterocycles. The highest BCUT2D eigenvalue weighted by Gasteiger charge is 2.28. The molecular weight excluding hydrogens is 344 g/mol. The number of carbonyl (C=O) groups is 1. The zero-order valence-corrected chi connectivity index (χ0v) is 16.6. The van der Waals surface area contributed by atoms with Crippen LogP contribution in [0.3, 0.4) is 0 Å². The highest BCUT2D eigenvalue weighted by atomic mass is 32.2. The monoisotopic (exact) mass is 368 g/mol. The van der Waals surface area contributed by atoms with Crippen LogP contribution in [0.5, 0.6) is 0 Å². The van der Waals surface area contributed by atoms with Crippen LogP contribution in [0.2, 0.25) is 0 Å². The molecule has 0 N–H and O–H groups in total. The maximum Gasteiger partial charge on any atom is 0.313 e. The number of esters is 1. The predicted molar refractivity (Wildman–Crippen MR) is 105 cm³/mol. The maximum atomic E-state index is 11.5. The molecule has 3 nitrogen and oxygen atoms in total. The van der Waals surface area contributed by atoms with E-state index in [2.05, 4.69) is 44.7 Å². The van der Waals surface area contributed by atoms with Crippen molar-refractivity contribution in [2.24, 2.45) is 0 Å². The normalized spacial score (nSPS) is 14.9. The third-order valence-electron chi connectivity index (χ3n) is 4.65. The van der Waals surface area contributed by atoms with Crippen molar-refractivity contribution in [3.63, 3.8) is 0 Å². The van der Waals surface area contributed by atoms with Gasteiger partial charge in [-0.15, -0.1) is 11.8 Å². The van der Waals surface area contributed by atoms with E-state index < -0.39 is 0 Å². The van der Waals surface area contributed by atoms with Gasteiger partial charge in [-0.25, -0.2) is 0 Å². The Hall–Kier alpha value is -2.12. The molecule has 0 amide bonds. The lowest BCUT2D eigenvalue weighted by Gasteiger charge is -2.32. The molecule has 0 saturated heterocycles. The molecule has 136 valence electrons. The Morgan fingerprint density at radius 3 is 2.88 bits per heavy atom. The van der Waals surface area contributed by atoms with Crippen LogP contribution in [0.4, 0.5) is 0 Å². The lowest BCUT2D eigenvalue weighted by Crippen LogP contribution is -2.23. The van der Waals surface area contributed by atoms with Gasteiger partial charge in [-0.2, -0.15) is 0 Å². The van der Waals surface area contributed by atoms with E-state index >= 15 is 0 Å². The van der Waals surface area contributed by atoms with Gasteiger partial charge in [0, 0.05) is 10.5 Å². The molecule has 0 fully saturated rings. The van der Waals surface area contributed by atoms with Crippen LogP contribution in [0, 0.1) is 18.8 Å². The van der Waals surface area contributed by atoms with E-state index in [9.17, 15) is 4.79 Å². The van der Waals surface area contributed by atoms with Crippen molar-refractivity contribution >= 4 is 17.7 Å². The number of hydrogen-bond acceptors (Lipinski definition) is 4. The summed E-state index contributed by atoms with van der Waals surface area (Å²) < 4.78 is 10.6. The van der Waals surface area contributed by atoms with Gasteiger partial charge in [-0.1, -0.05) is 19.8 Å². The minimum absolute atomic E-state index is 0.138. The first kappa shape index (κ1) is 18.7. The van der Waals surface area contributed by atoms with E-state index in [-0.39, 0.29) is 17.8 Å². The zero-order valence-electron chi connectivity index (χ0n) is 15.8. The molecule has 0 bridgehead atoms. The van der Waals surface area contributed by atoms with Crippen LogP contribution < -0.4 is 0 Å². The van der Waals surface area contributed by atoms with Crippen LogP contribution >= 0.6 is 11.8 Å². The van der Waals surface area contributed by atoms with Gasteiger partial charge in [0.2, 0.25) is 0 Å². The first-order valence-corrected chi connectivity index (χ1v) is 9.92. The molecule has 1 aromatic carbocycles. The van der Waals surface area contributed by atoms with Crippen molar-refractivity contribution in [3.8, 4) is 11.8 Å². The largest absolute Gasteiger partial charge is 0.466 e. The molecule has 2 heterocycles. The second-order valence-corrected chi connectivity index (χ2v) is 8.28. The van der Waals surface area contributed by atoms with Gasteiger partial charge in [0.05, 0.1) is 6.61 Å². The number of aryl methyl sites for hydroxylation is 1. The van der Waals surface area contributed by atoms with Gasteiger partial charge in [0.1, 0.15) is 12.2 Å². The average molecular weight is 368 g/mol. The van der Waals surface area contributed by atoms with E-state index in [0.29, 0.717) is 18.1 Å². The Kier molecular flexibility index (Phi) is 5.48. The molecule has 2 aromatic rings. The fraction of sp³-hybridized carbons (Fsp3) is 0.409. The molecule has 0 atom stereocenters. The SMILES string of the molecule is CCOC(=O)Cc1ccc(C#Cc2cc3c(cc2C)SCCC3(C)C)o1. The Bertz CT molecular complexity index is 881. The van der Waals surface area contributed by atoms with Crippen molar-refractivity contribution in [2.75, 3.05) is 12.4 Å². The van der Waals surface area contributed by atoms with Gasteiger partial charge in [0.25, 0.3) is 0 Å². The number of hydrogen-bond donors (Lipinski definition) is 0. The van der Waals surface area contributed by atoms with E-state index in [1.807, 2.05) is 11.8 Å². The van der Waals surface area contributed by atoms with Gasteiger partial charge >= 0.3 is 5.97 Å². The number of furan rings is 1. The van der Waals surface area contributed by atoms with Crippen LogP contribution in [-0.4, -0.2) is 18.3 Å². The maximum absolute atomic E-state index is 11.5. The number of carbonyl (C=O) groups excluding carboxylic acids is 1. The lowest BCUT2D eigenvalue weighted by atomic mass is 9.80. The molecular formula is C22H24O3S. The highest BCUT2D eigenvalue weighted by Crippen LogP contribution is 2.42. The molecule has 0 spiro atoms. The average Bonchev–Trinajstić information content (AvgIpc) is 3.00. The minimum atomic E-state index is -0.286. The lowest BCUT2D eigenvalue weighted by molar-refractivity contribution is -0.142. The third kappa shape index (κ3) is 4.16. The summed E-state index contributed by atoms with van der Waals surface area (Å²) in [4.78, 5) is 12.9. The van der Waals surface area contributed by atoms with Crippen molar-refractivity contribution < 1.29 is 13.9 Å². The molecule has 4 heteroatoms. The molecule has 26 heavy (non-hydrogen) atoms. The Balaban J connectivity index is 1.83. The fourth-order valence-electron chi connectivity index (χ4n) is 3.04. The van der Waals surface area contributed by atoms with E-state index in [1.165, 1.54) is 28.2 Å². The van der Waals surface area contributed by atoms with E-state index in [1.54, 1.807) is 19.1 Å². The number of thioether (sulfide) groups is 1. The minimum Gasteiger partial charge on any atom is -0.466 e. The molecule has 0 saturated carbocycles. The number of rotatable bonds is 3. The van der Waals surface area contributed by atoms with Gasteiger partial charge in [0.15, 0.2) is 5.76 Å². The van der Waals surface area contributed by atoms with Crippen molar-refractivity contribution in [2.45, 2.75) is 50.8 Å². The summed E-state index contributed by atoms with van der Waals surface area (Å²) >= 11 is 1.93. The fourth-order valence-corrected chi connectivity index (χ4v) is 4.62. The van der Waals surface area contributed by atoms with E-state index in [4.69, 9.17) is 9.15 Å². The molecule has 0 unspecified atom stereocenters. The summed E-state index contributed by atoms with van der Waals surface area (Å²) in [6.07, 6.45) is 1.31. The van der Waals surface area contributed by atoms with Crippen LogP contribution in [0.1, 0.15) is 55.4 Å². The summed E-state index contributed by atoms with van der Waals surface area (Å²) in [6, 6.07) is 8.06. The van der Waals surface area contributed by atoms with Crippen LogP contribution in [0.25, 0.3) is 0 Å². The first-order chi connectivity index (χ1) is 12.4. The Morgan fingerprint density at radius 2 is 2.12 bits per heavy atom. The van der Waals surface area contributed by atoms with Gasteiger partial charge in [-0.05, 0) is 72.7 Å². The van der Waals surface area contributed by atoms with E-state index in [0.717, 1.165) is 5.56 Å². The predicted octanol–water partition coefficient (Wildman–Crippen LogP) is 4.87. The van der Waals surface area contributed by atoms with Crippen molar-refractivity contribution in [3.05, 3.63) is 52.5 Å². The second kappa shape index (κ2) is 7.63.